The molecule has 1 saturated heterocycles. The third-order valence-corrected chi connectivity index (χ3v) is 5.01. The van der Waals surface area contributed by atoms with Gasteiger partial charge >= 0.3 is 5.97 Å². The van der Waals surface area contributed by atoms with Crippen LogP contribution in [-0.2, 0) is 9.53 Å². The first-order valence-electron chi connectivity index (χ1n) is 7.93. The maximum atomic E-state index is 11.0. The molecule has 0 aromatic heterocycles. The Kier molecular flexibility index (Phi) is 5.08. The number of ether oxygens (including phenoxy) is 1. The van der Waals surface area contributed by atoms with Gasteiger partial charge in [0.1, 0.15) is 0 Å². The fraction of sp³-hybridized carbons (Fsp3) is 0.938. The standard InChI is InChI=1S/C16H29NO3/c1-16(2,3)13-6-4-12(5-7-13)10-17-8-9-20-14(11-17)15(18)19/h12-14H,4-11H2,1-3H3,(H,18,19). The van der Waals surface area contributed by atoms with Crippen LogP contribution in [0.1, 0.15) is 46.5 Å². The third-order valence-electron chi connectivity index (χ3n) is 5.01. The van der Waals surface area contributed by atoms with Crippen LogP contribution >= 0.6 is 0 Å². The predicted molar refractivity (Wildman–Crippen MR) is 78.7 cm³/mol. The van der Waals surface area contributed by atoms with Crippen molar-refractivity contribution in [2.75, 3.05) is 26.2 Å². The first-order valence-corrected chi connectivity index (χ1v) is 7.93. The lowest BCUT2D eigenvalue weighted by molar-refractivity contribution is -0.156. The Balaban J connectivity index is 1.76. The highest BCUT2D eigenvalue weighted by Gasteiger charge is 2.32. The lowest BCUT2D eigenvalue weighted by Crippen LogP contribution is -2.47. The number of morpholine rings is 1. The van der Waals surface area contributed by atoms with Gasteiger partial charge < -0.3 is 9.84 Å². The highest BCUT2D eigenvalue weighted by molar-refractivity contribution is 5.72. The number of carbonyl (C=O) groups is 1. The average Bonchev–Trinajstić information content (AvgIpc) is 2.38. The molecule has 20 heavy (non-hydrogen) atoms. The van der Waals surface area contributed by atoms with Crippen molar-refractivity contribution in [2.24, 2.45) is 17.3 Å². The van der Waals surface area contributed by atoms with Gasteiger partial charge in [-0.15, -0.1) is 0 Å². The van der Waals surface area contributed by atoms with Crippen LogP contribution in [0, 0.1) is 17.3 Å². The van der Waals surface area contributed by atoms with Crippen LogP contribution < -0.4 is 0 Å². The minimum Gasteiger partial charge on any atom is -0.479 e. The Labute approximate surface area is 122 Å². The summed E-state index contributed by atoms with van der Waals surface area (Å²) < 4.78 is 5.28. The van der Waals surface area contributed by atoms with Crippen LogP contribution in [-0.4, -0.2) is 48.3 Å². The van der Waals surface area contributed by atoms with Crippen molar-refractivity contribution in [1.82, 2.24) is 4.90 Å². The van der Waals surface area contributed by atoms with Crippen LogP contribution in [0.15, 0.2) is 0 Å². The van der Waals surface area contributed by atoms with Gasteiger partial charge in [0.05, 0.1) is 6.61 Å². The van der Waals surface area contributed by atoms with Crippen molar-refractivity contribution >= 4 is 5.97 Å². The number of nitrogens with zero attached hydrogens (tertiary/aromatic N) is 1. The zero-order valence-corrected chi connectivity index (χ0v) is 13.1. The lowest BCUT2D eigenvalue weighted by atomic mass is 9.70. The fourth-order valence-electron chi connectivity index (χ4n) is 3.59. The molecule has 1 heterocycles. The highest BCUT2D eigenvalue weighted by atomic mass is 16.5. The number of aliphatic carboxylic acids is 1. The molecule has 1 unspecified atom stereocenters. The second kappa shape index (κ2) is 6.44. The first-order chi connectivity index (χ1) is 9.36. The Bertz CT molecular complexity index is 329. The minimum absolute atomic E-state index is 0.429. The Morgan fingerprint density at radius 3 is 2.45 bits per heavy atom. The predicted octanol–water partition coefficient (Wildman–Crippen LogP) is 2.62. The van der Waals surface area contributed by atoms with Crippen molar-refractivity contribution in [3.8, 4) is 0 Å². The molecule has 1 N–H and O–H groups in total. The molecular weight excluding hydrogens is 254 g/mol. The molecule has 1 aliphatic carbocycles. The highest BCUT2D eigenvalue weighted by Crippen LogP contribution is 2.40. The van der Waals surface area contributed by atoms with Gasteiger partial charge in [0.15, 0.2) is 6.10 Å². The van der Waals surface area contributed by atoms with E-state index in [9.17, 15) is 4.79 Å². The van der Waals surface area contributed by atoms with Gasteiger partial charge in [0.25, 0.3) is 0 Å². The van der Waals surface area contributed by atoms with Crippen molar-refractivity contribution in [3.63, 3.8) is 0 Å². The second-order valence-corrected chi connectivity index (χ2v) is 7.54. The van der Waals surface area contributed by atoms with Crippen molar-refractivity contribution in [1.29, 1.82) is 0 Å². The summed E-state index contributed by atoms with van der Waals surface area (Å²) in [5.74, 6) is 0.752. The molecule has 2 fully saturated rings. The summed E-state index contributed by atoms with van der Waals surface area (Å²) in [6.45, 7) is 10.1. The summed E-state index contributed by atoms with van der Waals surface area (Å²) in [6, 6.07) is 0. The molecule has 2 aliphatic rings. The average molecular weight is 283 g/mol. The van der Waals surface area contributed by atoms with Gasteiger partial charge in [0.2, 0.25) is 0 Å². The minimum atomic E-state index is -0.828. The zero-order chi connectivity index (χ0) is 14.8. The summed E-state index contributed by atoms with van der Waals surface area (Å²) in [5.41, 5.74) is 0.429. The van der Waals surface area contributed by atoms with E-state index >= 15 is 0 Å². The normalized spacial score (nSPS) is 33.0. The SMILES string of the molecule is CC(C)(C)C1CCC(CN2CCOC(C(=O)O)C2)CC1. The number of hydrogen-bond acceptors (Lipinski definition) is 3. The molecule has 4 heteroatoms. The van der Waals surface area contributed by atoms with E-state index in [4.69, 9.17) is 9.84 Å². The van der Waals surface area contributed by atoms with E-state index in [0.717, 1.165) is 24.9 Å². The van der Waals surface area contributed by atoms with Gasteiger partial charge in [-0.1, -0.05) is 20.8 Å². The molecule has 116 valence electrons. The topological polar surface area (TPSA) is 49.8 Å². The van der Waals surface area contributed by atoms with E-state index in [2.05, 4.69) is 25.7 Å². The van der Waals surface area contributed by atoms with E-state index in [1.54, 1.807) is 0 Å². The summed E-state index contributed by atoms with van der Waals surface area (Å²) in [5, 5.41) is 9.03. The molecule has 0 amide bonds. The van der Waals surface area contributed by atoms with E-state index in [0.29, 0.717) is 18.6 Å². The summed E-state index contributed by atoms with van der Waals surface area (Å²) in [4.78, 5) is 13.3. The Hall–Kier alpha value is -0.610. The zero-order valence-electron chi connectivity index (χ0n) is 13.1. The lowest BCUT2D eigenvalue weighted by Gasteiger charge is -2.39. The molecule has 1 atom stereocenters. The molecular formula is C16H29NO3. The monoisotopic (exact) mass is 283 g/mol. The van der Waals surface area contributed by atoms with Gasteiger partial charge in [-0.3, -0.25) is 4.90 Å². The molecule has 0 aromatic carbocycles. The van der Waals surface area contributed by atoms with E-state index in [-0.39, 0.29) is 0 Å². The molecule has 2 rings (SSSR count). The summed E-state index contributed by atoms with van der Waals surface area (Å²) >= 11 is 0. The van der Waals surface area contributed by atoms with Crippen molar-refractivity contribution in [3.05, 3.63) is 0 Å². The largest absolute Gasteiger partial charge is 0.479 e. The number of carboxylic acids is 1. The van der Waals surface area contributed by atoms with Crippen LogP contribution in [0.3, 0.4) is 0 Å². The van der Waals surface area contributed by atoms with Crippen LogP contribution in [0.4, 0.5) is 0 Å². The molecule has 1 saturated carbocycles. The van der Waals surface area contributed by atoms with E-state index in [1.807, 2.05) is 0 Å². The maximum absolute atomic E-state index is 11.0. The Morgan fingerprint density at radius 1 is 1.25 bits per heavy atom. The molecule has 4 nitrogen and oxygen atoms in total. The molecule has 1 aliphatic heterocycles. The molecule has 0 bridgehead atoms. The fourth-order valence-corrected chi connectivity index (χ4v) is 3.59. The number of hydrogen-bond donors (Lipinski definition) is 1. The molecule has 0 radical (unpaired) electrons. The van der Waals surface area contributed by atoms with Gasteiger partial charge in [-0.2, -0.15) is 0 Å². The second-order valence-electron chi connectivity index (χ2n) is 7.54. The van der Waals surface area contributed by atoms with Crippen molar-refractivity contribution in [2.45, 2.75) is 52.6 Å². The summed E-state index contributed by atoms with van der Waals surface area (Å²) in [7, 11) is 0. The van der Waals surface area contributed by atoms with Gasteiger partial charge in [-0.05, 0) is 42.9 Å². The Morgan fingerprint density at radius 2 is 1.90 bits per heavy atom. The van der Waals surface area contributed by atoms with Crippen LogP contribution in [0.5, 0.6) is 0 Å². The van der Waals surface area contributed by atoms with E-state index in [1.165, 1.54) is 25.7 Å². The van der Waals surface area contributed by atoms with Crippen molar-refractivity contribution < 1.29 is 14.6 Å². The number of carboxylic acid groups (broad SMARTS) is 1. The molecule has 0 aromatic rings. The quantitative estimate of drug-likeness (QED) is 0.865. The van der Waals surface area contributed by atoms with E-state index < -0.39 is 12.1 Å². The first kappa shape index (κ1) is 15.8. The smallest absolute Gasteiger partial charge is 0.334 e. The van der Waals surface area contributed by atoms with Crippen LogP contribution in [0.25, 0.3) is 0 Å². The van der Waals surface area contributed by atoms with Gasteiger partial charge in [-0.25, -0.2) is 4.79 Å². The molecule has 0 spiro atoms. The maximum Gasteiger partial charge on any atom is 0.334 e. The van der Waals surface area contributed by atoms with Crippen LogP contribution in [0.2, 0.25) is 0 Å². The number of rotatable bonds is 3. The van der Waals surface area contributed by atoms with Gasteiger partial charge in [0, 0.05) is 19.6 Å². The summed E-state index contributed by atoms with van der Waals surface area (Å²) in [6.07, 6.45) is 4.59. The third kappa shape index (κ3) is 4.19.